The number of nitrogens with one attached hydrogen (secondary N) is 3. The van der Waals surface area contributed by atoms with Crippen molar-refractivity contribution in [2.45, 2.75) is 39.2 Å². The molecule has 0 radical (unpaired) electrons. The van der Waals surface area contributed by atoms with Gasteiger partial charge in [-0.25, -0.2) is 4.79 Å². The van der Waals surface area contributed by atoms with Gasteiger partial charge in [0.2, 0.25) is 5.91 Å². The minimum Gasteiger partial charge on any atom is -0.481 e. The Balaban J connectivity index is 3.62. The molecule has 4 N–H and O–H groups in total. The second-order valence-corrected chi connectivity index (χ2v) is 4.87. The number of hydrogen-bond donors (Lipinski definition) is 4. The molecule has 7 heteroatoms. The molecule has 0 aliphatic carbocycles. The van der Waals surface area contributed by atoms with Crippen molar-refractivity contribution in [1.29, 1.82) is 0 Å². The molecule has 0 aliphatic rings. The minimum absolute atomic E-state index is 0.0648. The van der Waals surface area contributed by atoms with Gasteiger partial charge in [0, 0.05) is 25.0 Å². The third kappa shape index (κ3) is 10.7. The molecule has 0 bridgehead atoms. The van der Waals surface area contributed by atoms with Crippen LogP contribution in [0.1, 0.15) is 33.6 Å². The predicted octanol–water partition coefficient (Wildman–Crippen LogP) is 0.0651. The summed E-state index contributed by atoms with van der Waals surface area (Å²) >= 11 is 0. The van der Waals surface area contributed by atoms with Crippen LogP contribution in [-0.2, 0) is 9.59 Å². The number of amides is 3. The van der Waals surface area contributed by atoms with E-state index in [1.807, 2.05) is 20.8 Å². The van der Waals surface area contributed by atoms with Crippen molar-refractivity contribution in [2.75, 3.05) is 13.1 Å². The van der Waals surface area contributed by atoms with E-state index in [4.69, 9.17) is 5.11 Å². The van der Waals surface area contributed by atoms with E-state index in [1.165, 1.54) is 0 Å². The third-order valence-corrected chi connectivity index (χ3v) is 1.78. The van der Waals surface area contributed by atoms with Crippen LogP contribution in [0.15, 0.2) is 0 Å². The first-order chi connectivity index (χ1) is 8.20. The van der Waals surface area contributed by atoms with Crippen molar-refractivity contribution >= 4 is 17.9 Å². The first kappa shape index (κ1) is 16.2. The Morgan fingerprint density at radius 2 is 1.50 bits per heavy atom. The lowest BCUT2D eigenvalue weighted by Gasteiger charge is -2.20. The molecule has 0 aromatic carbocycles. The minimum atomic E-state index is -0.972. The van der Waals surface area contributed by atoms with E-state index in [-0.39, 0.29) is 37.4 Å². The van der Waals surface area contributed by atoms with Gasteiger partial charge < -0.3 is 21.1 Å². The van der Waals surface area contributed by atoms with Crippen LogP contribution >= 0.6 is 0 Å². The summed E-state index contributed by atoms with van der Waals surface area (Å²) in [5.74, 6) is -1.12. The highest BCUT2D eigenvalue weighted by Crippen LogP contribution is 1.98. The van der Waals surface area contributed by atoms with E-state index < -0.39 is 12.0 Å². The van der Waals surface area contributed by atoms with Gasteiger partial charge in [-0.15, -0.1) is 0 Å². The van der Waals surface area contributed by atoms with Crippen LogP contribution in [0.25, 0.3) is 0 Å². The maximum Gasteiger partial charge on any atom is 0.314 e. The zero-order valence-electron chi connectivity index (χ0n) is 11.0. The Morgan fingerprint density at radius 3 is 1.94 bits per heavy atom. The number of rotatable bonds is 6. The monoisotopic (exact) mass is 259 g/mol. The Morgan fingerprint density at radius 1 is 1.00 bits per heavy atom. The Bertz CT molecular complexity index is 310. The number of aliphatic carboxylic acids is 1. The van der Waals surface area contributed by atoms with E-state index in [0.717, 1.165) is 0 Å². The summed E-state index contributed by atoms with van der Waals surface area (Å²) in [5, 5.41) is 16.0. The fourth-order valence-corrected chi connectivity index (χ4v) is 1.12. The van der Waals surface area contributed by atoms with Crippen molar-refractivity contribution in [1.82, 2.24) is 16.0 Å². The molecule has 0 saturated carbocycles. The Hall–Kier alpha value is -1.79. The molecule has 0 atom stereocenters. The summed E-state index contributed by atoms with van der Waals surface area (Å²) in [5.41, 5.74) is -0.291. The molecule has 0 unspecified atom stereocenters. The molecule has 0 heterocycles. The second-order valence-electron chi connectivity index (χ2n) is 4.87. The van der Waals surface area contributed by atoms with Crippen LogP contribution in [0.3, 0.4) is 0 Å². The van der Waals surface area contributed by atoms with Gasteiger partial charge in [0.15, 0.2) is 0 Å². The fraction of sp³-hybridized carbons (Fsp3) is 0.727. The highest BCUT2D eigenvalue weighted by molar-refractivity contribution is 5.78. The van der Waals surface area contributed by atoms with Crippen molar-refractivity contribution < 1.29 is 19.5 Å². The van der Waals surface area contributed by atoms with Crippen LogP contribution < -0.4 is 16.0 Å². The maximum absolute atomic E-state index is 11.4. The lowest BCUT2D eigenvalue weighted by Crippen LogP contribution is -2.43. The van der Waals surface area contributed by atoms with Gasteiger partial charge in [0.1, 0.15) is 0 Å². The molecule has 0 aliphatic heterocycles. The van der Waals surface area contributed by atoms with Crippen LogP contribution in [0, 0.1) is 0 Å². The zero-order chi connectivity index (χ0) is 14.2. The van der Waals surface area contributed by atoms with Gasteiger partial charge in [0.05, 0.1) is 6.42 Å². The number of carboxylic acids is 1. The smallest absolute Gasteiger partial charge is 0.314 e. The first-order valence-electron chi connectivity index (χ1n) is 5.75. The molecule has 0 saturated heterocycles. The van der Waals surface area contributed by atoms with Crippen molar-refractivity contribution in [3.8, 4) is 0 Å². The van der Waals surface area contributed by atoms with Crippen LogP contribution in [0.5, 0.6) is 0 Å². The van der Waals surface area contributed by atoms with E-state index >= 15 is 0 Å². The van der Waals surface area contributed by atoms with Gasteiger partial charge in [-0.2, -0.15) is 0 Å². The molecule has 0 aromatic heterocycles. The van der Waals surface area contributed by atoms with Crippen molar-refractivity contribution in [2.24, 2.45) is 0 Å². The molecule has 104 valence electrons. The predicted molar refractivity (Wildman–Crippen MR) is 66.2 cm³/mol. The van der Waals surface area contributed by atoms with Crippen molar-refractivity contribution in [3.63, 3.8) is 0 Å². The Labute approximate surface area is 106 Å². The largest absolute Gasteiger partial charge is 0.481 e. The average Bonchev–Trinajstić information content (AvgIpc) is 2.13. The summed E-state index contributed by atoms with van der Waals surface area (Å²) in [6.07, 6.45) is 0.0571. The molecule has 3 amide bonds. The summed E-state index contributed by atoms with van der Waals surface area (Å²) in [6, 6.07) is -0.472. The SMILES string of the molecule is CC(C)(C)NC(=O)CCNC(=O)NCCC(=O)O. The maximum atomic E-state index is 11.4. The number of hydrogen-bond acceptors (Lipinski definition) is 3. The molecule has 18 heavy (non-hydrogen) atoms. The quantitative estimate of drug-likeness (QED) is 0.541. The van der Waals surface area contributed by atoms with E-state index in [9.17, 15) is 14.4 Å². The number of carbonyl (C=O) groups is 3. The van der Waals surface area contributed by atoms with Crippen LogP contribution in [0.2, 0.25) is 0 Å². The number of urea groups is 1. The molecule has 0 fully saturated rings. The summed E-state index contributed by atoms with van der Waals surface area (Å²) in [7, 11) is 0. The first-order valence-corrected chi connectivity index (χ1v) is 5.75. The highest BCUT2D eigenvalue weighted by Gasteiger charge is 2.13. The molecule has 0 aromatic rings. The standard InChI is InChI=1S/C11H21N3O4/c1-11(2,3)14-8(15)4-6-12-10(18)13-7-5-9(16)17/h4-7H2,1-3H3,(H,14,15)(H,16,17)(H2,12,13,18). The lowest BCUT2D eigenvalue weighted by atomic mass is 10.1. The van der Waals surface area contributed by atoms with Crippen LogP contribution in [0.4, 0.5) is 4.79 Å². The van der Waals surface area contributed by atoms with Gasteiger partial charge in [-0.3, -0.25) is 9.59 Å². The zero-order valence-corrected chi connectivity index (χ0v) is 11.0. The summed E-state index contributed by atoms with van der Waals surface area (Å²) in [6.45, 7) is 5.89. The van der Waals surface area contributed by atoms with Gasteiger partial charge >= 0.3 is 12.0 Å². The van der Waals surface area contributed by atoms with Gasteiger partial charge in [-0.05, 0) is 20.8 Å². The Kier molecular flexibility index (Phi) is 6.77. The molecule has 0 spiro atoms. The topological polar surface area (TPSA) is 108 Å². The summed E-state index contributed by atoms with van der Waals surface area (Å²) in [4.78, 5) is 32.7. The lowest BCUT2D eigenvalue weighted by molar-refractivity contribution is -0.136. The molecule has 0 rings (SSSR count). The normalized spacial score (nSPS) is 10.6. The van der Waals surface area contributed by atoms with E-state index in [0.29, 0.717) is 0 Å². The van der Waals surface area contributed by atoms with E-state index in [2.05, 4.69) is 16.0 Å². The third-order valence-electron chi connectivity index (χ3n) is 1.78. The fourth-order valence-electron chi connectivity index (χ4n) is 1.12. The van der Waals surface area contributed by atoms with Crippen LogP contribution in [-0.4, -0.2) is 41.6 Å². The highest BCUT2D eigenvalue weighted by atomic mass is 16.4. The van der Waals surface area contributed by atoms with Crippen molar-refractivity contribution in [3.05, 3.63) is 0 Å². The second kappa shape index (κ2) is 7.52. The van der Waals surface area contributed by atoms with Gasteiger partial charge in [-0.1, -0.05) is 0 Å². The number of carbonyl (C=O) groups excluding carboxylic acids is 2. The molecular weight excluding hydrogens is 238 g/mol. The molecular formula is C11H21N3O4. The average molecular weight is 259 g/mol. The summed E-state index contributed by atoms with van der Waals surface area (Å²) < 4.78 is 0. The van der Waals surface area contributed by atoms with E-state index in [1.54, 1.807) is 0 Å². The number of carboxylic acid groups (broad SMARTS) is 1. The molecule has 7 nitrogen and oxygen atoms in total. The van der Waals surface area contributed by atoms with Gasteiger partial charge in [0.25, 0.3) is 0 Å².